The van der Waals surface area contributed by atoms with Crippen LogP contribution in [-0.2, 0) is 9.59 Å². The molecule has 23 heavy (non-hydrogen) atoms. The molecular formula is C17H23N3O3. The number of carbonyl (C=O) groups excluding carboxylic acids is 2. The van der Waals surface area contributed by atoms with Gasteiger partial charge in [-0.25, -0.2) is 5.43 Å². The molecule has 1 aromatic rings. The Morgan fingerprint density at radius 3 is 2.91 bits per heavy atom. The van der Waals surface area contributed by atoms with E-state index in [2.05, 4.69) is 22.8 Å². The highest BCUT2D eigenvalue weighted by atomic mass is 16.5. The standard InChI is InChI=1S/C17H23N3O3/c1-2-3-11-23-14-8-6-13(7-9-14)12-19-20-17(22)15-5-4-10-18-16(15)21/h6-9,12,15H,2-5,10-11H2,1H3,(H,18,21)(H,20,22)/b19-12-/t15-/m1/s1. The Balaban J connectivity index is 1.80. The summed E-state index contributed by atoms with van der Waals surface area (Å²) in [7, 11) is 0. The minimum atomic E-state index is -0.643. The molecule has 1 atom stereocenters. The minimum absolute atomic E-state index is 0.225. The van der Waals surface area contributed by atoms with Crippen LogP contribution < -0.4 is 15.5 Å². The Kier molecular flexibility index (Phi) is 6.59. The van der Waals surface area contributed by atoms with Gasteiger partial charge in [-0.15, -0.1) is 0 Å². The summed E-state index contributed by atoms with van der Waals surface area (Å²) in [6.07, 6.45) is 5.06. The first-order valence-corrected chi connectivity index (χ1v) is 8.04. The number of benzene rings is 1. The molecule has 2 amide bonds. The molecule has 124 valence electrons. The number of nitrogens with one attached hydrogen (secondary N) is 2. The van der Waals surface area contributed by atoms with E-state index < -0.39 is 5.92 Å². The summed E-state index contributed by atoms with van der Waals surface area (Å²) in [5, 5.41) is 6.59. The molecule has 0 bridgehead atoms. The summed E-state index contributed by atoms with van der Waals surface area (Å²) in [6.45, 7) is 3.47. The Bertz CT molecular complexity index is 555. The molecule has 2 rings (SSSR count). The van der Waals surface area contributed by atoms with Crippen molar-refractivity contribution in [3.05, 3.63) is 29.8 Å². The number of amides is 2. The third-order valence-corrected chi connectivity index (χ3v) is 3.64. The van der Waals surface area contributed by atoms with Gasteiger partial charge < -0.3 is 10.1 Å². The second kappa shape index (κ2) is 8.92. The lowest BCUT2D eigenvalue weighted by molar-refractivity contribution is -0.136. The molecule has 1 heterocycles. The number of piperidine rings is 1. The van der Waals surface area contributed by atoms with Crippen molar-refractivity contribution in [2.24, 2.45) is 11.0 Å². The average molecular weight is 317 g/mol. The minimum Gasteiger partial charge on any atom is -0.494 e. The quantitative estimate of drug-likeness (QED) is 0.348. The maximum atomic E-state index is 11.9. The SMILES string of the molecule is CCCCOc1ccc(/C=N\NC(=O)[C@@H]2CCCNC2=O)cc1. The number of hydrazone groups is 1. The van der Waals surface area contributed by atoms with Crippen molar-refractivity contribution >= 4 is 18.0 Å². The molecule has 1 saturated heterocycles. The van der Waals surface area contributed by atoms with E-state index >= 15 is 0 Å². The number of carbonyl (C=O) groups is 2. The van der Waals surface area contributed by atoms with Crippen LogP contribution in [0.3, 0.4) is 0 Å². The van der Waals surface area contributed by atoms with Crippen molar-refractivity contribution < 1.29 is 14.3 Å². The van der Waals surface area contributed by atoms with Crippen molar-refractivity contribution in [2.75, 3.05) is 13.2 Å². The topological polar surface area (TPSA) is 79.8 Å². The lowest BCUT2D eigenvalue weighted by Crippen LogP contribution is -2.43. The van der Waals surface area contributed by atoms with Crippen LogP contribution in [0.2, 0.25) is 0 Å². The summed E-state index contributed by atoms with van der Waals surface area (Å²) in [6, 6.07) is 7.47. The molecule has 0 saturated carbocycles. The van der Waals surface area contributed by atoms with Gasteiger partial charge in [0.25, 0.3) is 5.91 Å². The predicted octanol–water partition coefficient (Wildman–Crippen LogP) is 1.84. The fourth-order valence-electron chi connectivity index (χ4n) is 2.26. The van der Waals surface area contributed by atoms with Gasteiger partial charge >= 0.3 is 0 Å². The summed E-state index contributed by atoms with van der Waals surface area (Å²) in [4.78, 5) is 23.5. The average Bonchev–Trinajstić information content (AvgIpc) is 2.57. The van der Waals surface area contributed by atoms with Gasteiger partial charge in [0.2, 0.25) is 5.91 Å². The lowest BCUT2D eigenvalue weighted by Gasteiger charge is -2.19. The van der Waals surface area contributed by atoms with Crippen molar-refractivity contribution in [3.63, 3.8) is 0 Å². The molecule has 0 radical (unpaired) electrons. The third-order valence-electron chi connectivity index (χ3n) is 3.64. The molecule has 1 aromatic carbocycles. The fourth-order valence-corrected chi connectivity index (χ4v) is 2.26. The highest BCUT2D eigenvalue weighted by Gasteiger charge is 2.28. The Morgan fingerprint density at radius 1 is 1.43 bits per heavy atom. The zero-order valence-electron chi connectivity index (χ0n) is 13.4. The molecule has 1 fully saturated rings. The van der Waals surface area contributed by atoms with Crippen molar-refractivity contribution in [1.29, 1.82) is 0 Å². The van der Waals surface area contributed by atoms with Crippen LogP contribution in [0, 0.1) is 5.92 Å². The largest absolute Gasteiger partial charge is 0.494 e. The van der Waals surface area contributed by atoms with Gasteiger partial charge in [-0.1, -0.05) is 13.3 Å². The Hall–Kier alpha value is -2.37. The molecule has 0 spiro atoms. The number of nitrogens with zero attached hydrogens (tertiary/aromatic N) is 1. The summed E-state index contributed by atoms with van der Waals surface area (Å²) < 4.78 is 5.58. The predicted molar refractivity (Wildman–Crippen MR) is 88.3 cm³/mol. The third kappa shape index (κ3) is 5.39. The normalized spacial score (nSPS) is 17.8. The number of hydrogen-bond donors (Lipinski definition) is 2. The van der Waals surface area contributed by atoms with Crippen LogP contribution in [0.15, 0.2) is 29.4 Å². The van der Waals surface area contributed by atoms with E-state index in [1.807, 2.05) is 24.3 Å². The second-order valence-corrected chi connectivity index (χ2v) is 5.49. The Labute approximate surface area is 136 Å². The molecule has 6 nitrogen and oxygen atoms in total. The molecule has 2 N–H and O–H groups in total. The summed E-state index contributed by atoms with van der Waals surface area (Å²) in [5.41, 5.74) is 3.27. The molecule has 1 aliphatic rings. The van der Waals surface area contributed by atoms with Gasteiger partial charge in [0.15, 0.2) is 0 Å². The van der Waals surface area contributed by atoms with E-state index in [1.54, 1.807) is 6.21 Å². The van der Waals surface area contributed by atoms with Crippen molar-refractivity contribution in [1.82, 2.24) is 10.7 Å². The Morgan fingerprint density at radius 2 is 2.22 bits per heavy atom. The molecule has 6 heteroatoms. The maximum absolute atomic E-state index is 11.9. The monoisotopic (exact) mass is 317 g/mol. The van der Waals surface area contributed by atoms with Gasteiger partial charge in [-0.3, -0.25) is 9.59 Å². The van der Waals surface area contributed by atoms with Crippen molar-refractivity contribution in [2.45, 2.75) is 32.6 Å². The number of rotatable bonds is 7. The zero-order chi connectivity index (χ0) is 16.5. The van der Waals surface area contributed by atoms with Gasteiger partial charge in [-0.05, 0) is 49.1 Å². The molecule has 0 unspecified atom stereocenters. The lowest BCUT2D eigenvalue weighted by atomic mass is 9.98. The summed E-state index contributed by atoms with van der Waals surface area (Å²) in [5.74, 6) is -0.413. The van der Waals surface area contributed by atoms with Gasteiger partial charge in [-0.2, -0.15) is 5.10 Å². The van der Waals surface area contributed by atoms with Crippen molar-refractivity contribution in [3.8, 4) is 5.75 Å². The zero-order valence-corrected chi connectivity index (χ0v) is 13.4. The van der Waals surface area contributed by atoms with E-state index in [9.17, 15) is 9.59 Å². The van der Waals surface area contributed by atoms with Crippen LogP contribution in [0.4, 0.5) is 0 Å². The van der Waals surface area contributed by atoms with Gasteiger partial charge in [0.05, 0.1) is 12.8 Å². The molecule has 1 aliphatic heterocycles. The van der Waals surface area contributed by atoms with E-state index in [4.69, 9.17) is 4.74 Å². The number of hydrogen-bond acceptors (Lipinski definition) is 4. The highest BCUT2D eigenvalue weighted by Crippen LogP contribution is 2.12. The first-order valence-electron chi connectivity index (χ1n) is 8.04. The first-order chi connectivity index (χ1) is 11.2. The second-order valence-electron chi connectivity index (χ2n) is 5.49. The first kappa shape index (κ1) is 17.0. The van der Waals surface area contributed by atoms with Crippen LogP contribution in [0.25, 0.3) is 0 Å². The number of ether oxygens (including phenoxy) is 1. The smallest absolute Gasteiger partial charge is 0.252 e. The molecular weight excluding hydrogens is 294 g/mol. The fraction of sp³-hybridized carbons (Fsp3) is 0.471. The van der Waals surface area contributed by atoms with E-state index in [-0.39, 0.29) is 11.8 Å². The van der Waals surface area contributed by atoms with Crippen LogP contribution in [0.5, 0.6) is 5.75 Å². The van der Waals surface area contributed by atoms with Gasteiger partial charge in [0.1, 0.15) is 11.7 Å². The maximum Gasteiger partial charge on any atom is 0.252 e. The van der Waals surface area contributed by atoms with Gasteiger partial charge in [0, 0.05) is 6.54 Å². The van der Waals surface area contributed by atoms with Crippen LogP contribution >= 0.6 is 0 Å². The molecule has 0 aromatic heterocycles. The highest BCUT2D eigenvalue weighted by molar-refractivity contribution is 6.00. The van der Waals surface area contributed by atoms with Crippen LogP contribution in [-0.4, -0.2) is 31.2 Å². The van der Waals surface area contributed by atoms with E-state index in [0.717, 1.165) is 30.6 Å². The van der Waals surface area contributed by atoms with E-state index in [0.29, 0.717) is 19.6 Å². The van der Waals surface area contributed by atoms with Crippen LogP contribution in [0.1, 0.15) is 38.2 Å². The number of unbranched alkanes of at least 4 members (excludes halogenated alkanes) is 1. The molecule has 0 aliphatic carbocycles. The summed E-state index contributed by atoms with van der Waals surface area (Å²) >= 11 is 0. The van der Waals surface area contributed by atoms with E-state index in [1.165, 1.54) is 0 Å².